The number of aromatic nitrogens is 1. The molecule has 1 fully saturated rings. The molecule has 2 heterocycles. The summed E-state index contributed by atoms with van der Waals surface area (Å²) in [7, 11) is 0. The first kappa shape index (κ1) is 21.6. The minimum atomic E-state index is -0.795. The fraction of sp³-hybridized carbons (Fsp3) is 0.591. The highest BCUT2D eigenvalue weighted by atomic mass is 35.5. The summed E-state index contributed by atoms with van der Waals surface area (Å²) in [5, 5.41) is 12.9. The van der Waals surface area contributed by atoms with Gasteiger partial charge in [-0.2, -0.15) is 0 Å². The zero-order valence-corrected chi connectivity index (χ0v) is 18.7. The highest BCUT2D eigenvalue weighted by Crippen LogP contribution is 2.36. The molecule has 0 radical (unpaired) electrons. The van der Waals surface area contributed by atoms with Crippen LogP contribution >= 0.6 is 22.9 Å². The number of aliphatic hydroxyl groups is 1. The first-order chi connectivity index (χ1) is 13.4. The zero-order valence-electron chi connectivity index (χ0n) is 17.1. The van der Waals surface area contributed by atoms with Gasteiger partial charge in [0.15, 0.2) is 0 Å². The number of ether oxygens (including phenoxy) is 1. The topological polar surface area (TPSA) is 45.6 Å². The summed E-state index contributed by atoms with van der Waals surface area (Å²) >= 11 is 7.55. The molecule has 28 heavy (non-hydrogen) atoms. The van der Waals surface area contributed by atoms with Crippen LogP contribution in [0, 0.1) is 12.8 Å². The smallest absolute Gasteiger partial charge is 0.125 e. The Morgan fingerprint density at radius 1 is 1.25 bits per heavy atom. The van der Waals surface area contributed by atoms with Crippen LogP contribution in [-0.4, -0.2) is 41.2 Å². The molecule has 1 aromatic heterocycles. The van der Waals surface area contributed by atoms with Crippen molar-refractivity contribution in [2.45, 2.75) is 52.1 Å². The number of hydrogen-bond acceptors (Lipinski definition) is 5. The van der Waals surface area contributed by atoms with Gasteiger partial charge in [0.25, 0.3) is 0 Å². The van der Waals surface area contributed by atoms with Crippen LogP contribution in [0.1, 0.15) is 48.7 Å². The summed E-state index contributed by atoms with van der Waals surface area (Å²) in [6.45, 7) is 10.2. The number of thiazole rings is 1. The van der Waals surface area contributed by atoms with E-state index in [4.69, 9.17) is 21.3 Å². The van der Waals surface area contributed by atoms with Gasteiger partial charge in [-0.1, -0.05) is 25.4 Å². The molecule has 0 spiro atoms. The first-order valence-corrected chi connectivity index (χ1v) is 11.3. The van der Waals surface area contributed by atoms with Crippen molar-refractivity contribution in [1.29, 1.82) is 0 Å². The van der Waals surface area contributed by atoms with Crippen molar-refractivity contribution in [3.05, 3.63) is 44.9 Å². The molecule has 4 nitrogen and oxygen atoms in total. The second-order valence-electron chi connectivity index (χ2n) is 8.16. The predicted octanol–water partition coefficient (Wildman–Crippen LogP) is 5.06. The second-order valence-corrected chi connectivity index (χ2v) is 9.68. The average molecular weight is 423 g/mol. The summed E-state index contributed by atoms with van der Waals surface area (Å²) in [6.07, 6.45) is 3.35. The third-order valence-corrected chi connectivity index (χ3v) is 6.89. The number of halogens is 1. The van der Waals surface area contributed by atoms with Gasteiger partial charge in [0, 0.05) is 29.4 Å². The van der Waals surface area contributed by atoms with Gasteiger partial charge in [-0.15, -0.1) is 11.3 Å². The van der Waals surface area contributed by atoms with Crippen LogP contribution in [0.2, 0.25) is 5.02 Å². The molecule has 0 bridgehead atoms. The normalized spacial score (nSPS) is 21.1. The van der Waals surface area contributed by atoms with E-state index in [0.717, 1.165) is 61.8 Å². The summed E-state index contributed by atoms with van der Waals surface area (Å²) in [6, 6.07) is 7.42. The fourth-order valence-electron chi connectivity index (χ4n) is 3.74. The number of rotatable bonds is 7. The van der Waals surface area contributed by atoms with E-state index in [0.29, 0.717) is 17.5 Å². The Morgan fingerprint density at radius 2 is 2.00 bits per heavy atom. The molecule has 1 aliphatic rings. The Morgan fingerprint density at radius 3 is 2.71 bits per heavy atom. The van der Waals surface area contributed by atoms with Crippen LogP contribution in [0.3, 0.4) is 0 Å². The van der Waals surface area contributed by atoms with Crippen molar-refractivity contribution in [2.75, 3.05) is 26.2 Å². The van der Waals surface area contributed by atoms with Gasteiger partial charge in [-0.05, 0) is 62.9 Å². The molecular formula is C22H31ClN2O2S. The Hall–Kier alpha value is -1.14. The highest BCUT2D eigenvalue weighted by Gasteiger charge is 2.35. The number of hydrogen-bond donors (Lipinski definition) is 1. The molecule has 0 unspecified atom stereocenters. The molecule has 1 aromatic carbocycles. The number of benzene rings is 1. The summed E-state index contributed by atoms with van der Waals surface area (Å²) in [4.78, 5) is 8.42. The van der Waals surface area contributed by atoms with Crippen molar-refractivity contribution in [3.63, 3.8) is 0 Å². The summed E-state index contributed by atoms with van der Waals surface area (Å²) < 4.78 is 5.82. The zero-order chi connectivity index (χ0) is 20.1. The minimum absolute atomic E-state index is 0.588. The lowest BCUT2D eigenvalue weighted by molar-refractivity contribution is 0.0206. The van der Waals surface area contributed by atoms with Gasteiger partial charge in [0.1, 0.15) is 16.4 Å². The van der Waals surface area contributed by atoms with Gasteiger partial charge in [0.2, 0.25) is 0 Å². The standard InChI is InChI=1S/C22H31ClN2O2S/c1-16(2)15-25-12-4-10-22(26,11-13-25)21-24-17(3)20(28-21)9-14-27-19-7-5-18(23)6-8-19/h5-8,16,26H,4,9-15H2,1-3H3/t22-/m1/s1. The van der Waals surface area contributed by atoms with Crippen molar-refractivity contribution in [2.24, 2.45) is 5.92 Å². The summed E-state index contributed by atoms with van der Waals surface area (Å²) in [5.41, 5.74) is 0.215. The van der Waals surface area contributed by atoms with Gasteiger partial charge in [-0.3, -0.25) is 0 Å². The van der Waals surface area contributed by atoms with E-state index in [2.05, 4.69) is 18.7 Å². The van der Waals surface area contributed by atoms with E-state index < -0.39 is 5.60 Å². The minimum Gasteiger partial charge on any atom is -0.493 e. The fourth-order valence-corrected chi connectivity index (χ4v) is 5.05. The lowest BCUT2D eigenvalue weighted by Gasteiger charge is -2.25. The van der Waals surface area contributed by atoms with Crippen LogP contribution in [0.4, 0.5) is 0 Å². The van der Waals surface area contributed by atoms with E-state index in [1.54, 1.807) is 11.3 Å². The molecule has 1 atom stereocenters. The monoisotopic (exact) mass is 422 g/mol. The molecule has 3 rings (SSSR count). The molecule has 1 saturated heterocycles. The van der Waals surface area contributed by atoms with Crippen LogP contribution in [0.25, 0.3) is 0 Å². The number of nitrogens with zero attached hydrogens (tertiary/aromatic N) is 2. The van der Waals surface area contributed by atoms with Crippen molar-refractivity contribution in [3.8, 4) is 5.75 Å². The molecule has 0 amide bonds. The SMILES string of the molecule is Cc1nc([C@@]2(O)CCCN(CC(C)C)CC2)sc1CCOc1ccc(Cl)cc1. The molecule has 0 saturated carbocycles. The molecule has 0 aliphatic carbocycles. The van der Waals surface area contributed by atoms with Gasteiger partial charge in [-0.25, -0.2) is 4.98 Å². The number of likely N-dealkylation sites (tertiary alicyclic amines) is 1. The second kappa shape index (κ2) is 9.57. The van der Waals surface area contributed by atoms with Crippen LogP contribution in [0.5, 0.6) is 5.75 Å². The maximum absolute atomic E-state index is 11.3. The van der Waals surface area contributed by atoms with E-state index in [9.17, 15) is 5.11 Å². The largest absolute Gasteiger partial charge is 0.493 e. The van der Waals surface area contributed by atoms with Crippen LogP contribution in [0.15, 0.2) is 24.3 Å². The Balaban J connectivity index is 1.60. The quantitative estimate of drug-likeness (QED) is 0.677. The molecular weight excluding hydrogens is 392 g/mol. The average Bonchev–Trinajstić information content (AvgIpc) is 2.92. The molecule has 154 valence electrons. The van der Waals surface area contributed by atoms with E-state index in [1.807, 2.05) is 31.2 Å². The van der Waals surface area contributed by atoms with E-state index in [1.165, 1.54) is 4.88 Å². The molecule has 1 N–H and O–H groups in total. The first-order valence-electron chi connectivity index (χ1n) is 10.2. The Kier molecular flexibility index (Phi) is 7.37. The highest BCUT2D eigenvalue weighted by molar-refractivity contribution is 7.11. The van der Waals surface area contributed by atoms with Crippen LogP contribution in [-0.2, 0) is 12.0 Å². The maximum atomic E-state index is 11.3. The molecule has 6 heteroatoms. The van der Waals surface area contributed by atoms with E-state index >= 15 is 0 Å². The van der Waals surface area contributed by atoms with Crippen LogP contribution < -0.4 is 4.74 Å². The van der Waals surface area contributed by atoms with Crippen molar-refractivity contribution in [1.82, 2.24) is 9.88 Å². The van der Waals surface area contributed by atoms with Gasteiger partial charge in [0.05, 0.1) is 12.3 Å². The van der Waals surface area contributed by atoms with Crippen molar-refractivity contribution >= 4 is 22.9 Å². The van der Waals surface area contributed by atoms with Crippen molar-refractivity contribution < 1.29 is 9.84 Å². The Bertz CT molecular complexity index is 762. The Labute approximate surface area is 177 Å². The molecule has 2 aromatic rings. The molecule has 1 aliphatic heterocycles. The third-order valence-electron chi connectivity index (χ3n) is 5.23. The van der Waals surface area contributed by atoms with E-state index in [-0.39, 0.29) is 0 Å². The number of aryl methyl sites for hydroxylation is 1. The van der Waals surface area contributed by atoms with Gasteiger partial charge >= 0.3 is 0 Å². The third kappa shape index (κ3) is 5.69. The van der Waals surface area contributed by atoms with Gasteiger partial charge < -0.3 is 14.7 Å². The maximum Gasteiger partial charge on any atom is 0.125 e. The lowest BCUT2D eigenvalue weighted by Crippen LogP contribution is -2.31. The predicted molar refractivity (Wildman–Crippen MR) is 117 cm³/mol. The summed E-state index contributed by atoms with van der Waals surface area (Å²) in [5.74, 6) is 1.47. The lowest BCUT2D eigenvalue weighted by atomic mass is 9.96.